The van der Waals surface area contributed by atoms with Crippen LogP contribution in [0.25, 0.3) is 11.1 Å². The number of nitrogens with zero attached hydrogens (tertiary/aromatic N) is 1. The maximum atomic E-state index is 12.2. The summed E-state index contributed by atoms with van der Waals surface area (Å²) in [5.74, 6) is -0.294. The van der Waals surface area contributed by atoms with E-state index in [1.54, 1.807) is 19.1 Å². The van der Waals surface area contributed by atoms with E-state index < -0.39 is 16.0 Å². The highest BCUT2D eigenvalue weighted by atomic mass is 32.2. The Labute approximate surface area is 157 Å². The second-order valence-electron chi connectivity index (χ2n) is 6.11. The summed E-state index contributed by atoms with van der Waals surface area (Å²) in [5, 5.41) is 0. The van der Waals surface area contributed by atoms with Gasteiger partial charge in [-0.05, 0) is 49.7 Å². The molecule has 27 heavy (non-hydrogen) atoms. The minimum absolute atomic E-state index is 0.0956. The van der Waals surface area contributed by atoms with Crippen molar-refractivity contribution in [2.45, 2.75) is 37.8 Å². The minimum atomic E-state index is -3.61. The Morgan fingerprint density at radius 2 is 1.89 bits per heavy atom. The van der Waals surface area contributed by atoms with Gasteiger partial charge < -0.3 is 9.15 Å². The predicted molar refractivity (Wildman–Crippen MR) is 99.6 cm³/mol. The Bertz CT molecular complexity index is 1010. The number of nitrogens with one attached hydrogen (secondary N) is 1. The van der Waals surface area contributed by atoms with Gasteiger partial charge in [0.1, 0.15) is 5.52 Å². The molecule has 1 aromatic heterocycles. The molecule has 7 nitrogen and oxygen atoms in total. The lowest BCUT2D eigenvalue weighted by Gasteiger charge is -2.12. The first-order valence-corrected chi connectivity index (χ1v) is 10.0. The van der Waals surface area contributed by atoms with Gasteiger partial charge in [0.25, 0.3) is 0 Å². The number of ether oxygens (including phenoxy) is 1. The summed E-state index contributed by atoms with van der Waals surface area (Å²) in [4.78, 5) is 16.5. The van der Waals surface area contributed by atoms with Crippen LogP contribution in [0.15, 0.2) is 57.8 Å². The highest BCUT2D eigenvalue weighted by Gasteiger charge is 2.18. The number of hydrogen-bond acceptors (Lipinski definition) is 6. The fraction of sp³-hybridized carbons (Fsp3) is 0.263. The SMILES string of the molecule is CCC(C)NS(=O)(=O)c1ccc(C(=O)OCc2nc3ccccc3o2)cc1. The summed E-state index contributed by atoms with van der Waals surface area (Å²) in [6, 6.07) is 12.7. The molecule has 0 amide bonds. The van der Waals surface area contributed by atoms with Gasteiger partial charge in [-0.15, -0.1) is 0 Å². The van der Waals surface area contributed by atoms with Crippen molar-refractivity contribution >= 4 is 27.1 Å². The van der Waals surface area contributed by atoms with Crippen LogP contribution in [0.4, 0.5) is 0 Å². The molecule has 0 aliphatic carbocycles. The van der Waals surface area contributed by atoms with Crippen molar-refractivity contribution in [2.75, 3.05) is 0 Å². The molecule has 1 N–H and O–H groups in total. The van der Waals surface area contributed by atoms with Gasteiger partial charge in [0.05, 0.1) is 10.5 Å². The van der Waals surface area contributed by atoms with Crippen LogP contribution in [-0.2, 0) is 21.4 Å². The summed E-state index contributed by atoms with van der Waals surface area (Å²) >= 11 is 0. The monoisotopic (exact) mass is 388 g/mol. The second-order valence-corrected chi connectivity index (χ2v) is 7.82. The fourth-order valence-corrected chi connectivity index (χ4v) is 3.71. The smallest absolute Gasteiger partial charge is 0.338 e. The quantitative estimate of drug-likeness (QED) is 0.624. The third-order valence-electron chi connectivity index (χ3n) is 4.03. The van der Waals surface area contributed by atoms with E-state index in [4.69, 9.17) is 9.15 Å². The largest absolute Gasteiger partial charge is 0.452 e. The summed E-state index contributed by atoms with van der Waals surface area (Å²) in [6.45, 7) is 3.57. The van der Waals surface area contributed by atoms with E-state index in [-0.39, 0.29) is 23.1 Å². The zero-order valence-corrected chi connectivity index (χ0v) is 15.8. The van der Waals surface area contributed by atoms with Crippen molar-refractivity contribution in [3.8, 4) is 0 Å². The normalized spacial score (nSPS) is 12.8. The summed E-state index contributed by atoms with van der Waals surface area (Å²) in [6.07, 6.45) is 0.680. The van der Waals surface area contributed by atoms with Crippen molar-refractivity contribution in [3.63, 3.8) is 0 Å². The van der Waals surface area contributed by atoms with Crippen molar-refractivity contribution in [1.29, 1.82) is 0 Å². The molecule has 1 heterocycles. The summed E-state index contributed by atoms with van der Waals surface area (Å²) in [5.41, 5.74) is 1.55. The molecule has 0 saturated carbocycles. The first-order valence-electron chi connectivity index (χ1n) is 8.53. The van der Waals surface area contributed by atoms with E-state index in [1.807, 2.05) is 19.1 Å². The average Bonchev–Trinajstić information content (AvgIpc) is 3.08. The lowest BCUT2D eigenvalue weighted by molar-refractivity contribution is 0.0440. The third-order valence-corrected chi connectivity index (χ3v) is 5.64. The first-order chi connectivity index (χ1) is 12.9. The van der Waals surface area contributed by atoms with Crippen LogP contribution >= 0.6 is 0 Å². The number of carbonyl (C=O) groups excluding carboxylic acids is 1. The number of aromatic nitrogens is 1. The average molecular weight is 388 g/mol. The molecular weight excluding hydrogens is 368 g/mol. The van der Waals surface area contributed by atoms with E-state index in [0.717, 1.165) is 0 Å². The number of oxazole rings is 1. The van der Waals surface area contributed by atoms with Gasteiger partial charge in [-0.2, -0.15) is 0 Å². The van der Waals surface area contributed by atoms with E-state index >= 15 is 0 Å². The fourth-order valence-electron chi connectivity index (χ4n) is 2.38. The van der Waals surface area contributed by atoms with Gasteiger partial charge >= 0.3 is 5.97 Å². The van der Waals surface area contributed by atoms with E-state index in [9.17, 15) is 13.2 Å². The van der Waals surface area contributed by atoms with Crippen LogP contribution in [0.1, 0.15) is 36.5 Å². The number of para-hydroxylation sites is 2. The topological polar surface area (TPSA) is 98.5 Å². The zero-order chi connectivity index (χ0) is 19.4. The minimum Gasteiger partial charge on any atom is -0.452 e. The molecule has 1 atom stereocenters. The maximum absolute atomic E-state index is 12.2. The molecule has 0 radical (unpaired) electrons. The number of sulfonamides is 1. The molecule has 0 aliphatic rings. The zero-order valence-electron chi connectivity index (χ0n) is 15.0. The Kier molecular flexibility index (Phi) is 5.57. The highest BCUT2D eigenvalue weighted by Crippen LogP contribution is 2.16. The number of rotatable bonds is 7. The van der Waals surface area contributed by atoms with E-state index in [1.165, 1.54) is 24.3 Å². The van der Waals surface area contributed by atoms with Crippen molar-refractivity contribution in [3.05, 3.63) is 60.0 Å². The van der Waals surface area contributed by atoms with Crippen LogP contribution in [-0.4, -0.2) is 25.4 Å². The van der Waals surface area contributed by atoms with Crippen LogP contribution < -0.4 is 4.72 Å². The standard InChI is InChI=1S/C19H20N2O5S/c1-3-13(2)21-27(23,24)15-10-8-14(9-11-15)19(22)25-12-18-20-16-6-4-5-7-17(16)26-18/h4-11,13,21H,3,12H2,1-2H3. The Balaban J connectivity index is 1.65. The van der Waals surface area contributed by atoms with Gasteiger partial charge in [0.15, 0.2) is 12.2 Å². The van der Waals surface area contributed by atoms with Crippen molar-refractivity contribution in [1.82, 2.24) is 9.71 Å². The maximum Gasteiger partial charge on any atom is 0.338 e. The Hall–Kier alpha value is -2.71. The molecule has 1 unspecified atom stereocenters. The number of carbonyl (C=O) groups is 1. The van der Waals surface area contributed by atoms with Gasteiger partial charge in [-0.25, -0.2) is 22.9 Å². The predicted octanol–water partition coefficient (Wildman–Crippen LogP) is 3.26. The number of fused-ring (bicyclic) bond motifs is 1. The molecule has 8 heteroatoms. The molecule has 0 spiro atoms. The third kappa shape index (κ3) is 4.53. The van der Waals surface area contributed by atoms with Gasteiger partial charge in [-0.3, -0.25) is 0 Å². The molecule has 2 aromatic carbocycles. The summed E-state index contributed by atoms with van der Waals surface area (Å²) < 4.78 is 37.7. The van der Waals surface area contributed by atoms with E-state index in [2.05, 4.69) is 9.71 Å². The van der Waals surface area contributed by atoms with Gasteiger partial charge in [-0.1, -0.05) is 19.1 Å². The molecular formula is C19H20N2O5S. The van der Waals surface area contributed by atoms with Gasteiger partial charge in [0.2, 0.25) is 15.9 Å². The van der Waals surface area contributed by atoms with E-state index in [0.29, 0.717) is 23.4 Å². The molecule has 0 bridgehead atoms. The lowest BCUT2D eigenvalue weighted by Crippen LogP contribution is -2.32. The lowest BCUT2D eigenvalue weighted by atomic mass is 10.2. The molecule has 0 aliphatic heterocycles. The highest BCUT2D eigenvalue weighted by molar-refractivity contribution is 7.89. The molecule has 3 aromatic rings. The van der Waals surface area contributed by atoms with Crippen molar-refractivity contribution < 1.29 is 22.4 Å². The second kappa shape index (κ2) is 7.89. The number of esters is 1. The van der Waals surface area contributed by atoms with Crippen LogP contribution in [0.2, 0.25) is 0 Å². The number of benzene rings is 2. The Morgan fingerprint density at radius 3 is 2.56 bits per heavy atom. The van der Waals surface area contributed by atoms with Crippen molar-refractivity contribution in [2.24, 2.45) is 0 Å². The summed E-state index contributed by atoms with van der Waals surface area (Å²) in [7, 11) is -3.61. The van der Waals surface area contributed by atoms with Crippen LogP contribution in [0, 0.1) is 0 Å². The van der Waals surface area contributed by atoms with Gasteiger partial charge in [0, 0.05) is 6.04 Å². The molecule has 3 rings (SSSR count). The Morgan fingerprint density at radius 1 is 1.19 bits per heavy atom. The number of hydrogen-bond donors (Lipinski definition) is 1. The molecule has 142 valence electrons. The van der Waals surface area contributed by atoms with Crippen LogP contribution in [0.5, 0.6) is 0 Å². The van der Waals surface area contributed by atoms with Crippen LogP contribution in [0.3, 0.4) is 0 Å². The molecule has 0 saturated heterocycles. The first kappa shape index (κ1) is 19.1. The molecule has 0 fully saturated rings.